The Balaban J connectivity index is 1.61. The van der Waals surface area contributed by atoms with E-state index in [1.165, 1.54) is 7.11 Å². The molecule has 0 heterocycles. The van der Waals surface area contributed by atoms with E-state index in [4.69, 9.17) is 18.9 Å². The summed E-state index contributed by atoms with van der Waals surface area (Å²) in [6.07, 6.45) is 1.12. The van der Waals surface area contributed by atoms with Crippen molar-refractivity contribution < 1.29 is 28.5 Å². The van der Waals surface area contributed by atoms with Gasteiger partial charge in [-0.05, 0) is 60.5 Å². The molecule has 0 bridgehead atoms. The first-order valence-corrected chi connectivity index (χ1v) is 11.2. The van der Waals surface area contributed by atoms with E-state index in [-0.39, 0.29) is 6.42 Å². The van der Waals surface area contributed by atoms with Crippen LogP contribution in [0.25, 0.3) is 0 Å². The van der Waals surface area contributed by atoms with Gasteiger partial charge in [0.15, 0.2) is 0 Å². The average molecular weight is 464 g/mol. The number of esters is 1. The highest BCUT2D eigenvalue weighted by Crippen LogP contribution is 2.28. The van der Waals surface area contributed by atoms with Crippen LogP contribution in [0.15, 0.2) is 78.9 Å². The summed E-state index contributed by atoms with van der Waals surface area (Å²) in [7, 11) is 1.31. The van der Waals surface area contributed by atoms with Gasteiger partial charge in [-0.25, -0.2) is 4.79 Å². The monoisotopic (exact) mass is 463 g/mol. The van der Waals surface area contributed by atoms with Crippen LogP contribution in [0.4, 0.5) is 4.79 Å². The van der Waals surface area contributed by atoms with E-state index in [1.54, 1.807) is 24.3 Å². The first-order valence-electron chi connectivity index (χ1n) is 11.2. The summed E-state index contributed by atoms with van der Waals surface area (Å²) in [5.41, 5.74) is 0.733. The topological polar surface area (TPSA) is 83.1 Å². The molecule has 34 heavy (non-hydrogen) atoms. The number of para-hydroxylation sites is 1. The molecule has 0 saturated carbocycles. The predicted molar refractivity (Wildman–Crippen MR) is 128 cm³/mol. The molecule has 1 N–H and O–H groups in total. The number of alkyl carbamates (subject to hydrolysis) is 1. The average Bonchev–Trinajstić information content (AvgIpc) is 2.86. The highest BCUT2D eigenvalue weighted by atomic mass is 16.5. The van der Waals surface area contributed by atoms with Gasteiger partial charge in [-0.1, -0.05) is 43.7 Å². The van der Waals surface area contributed by atoms with Crippen LogP contribution in [0.3, 0.4) is 0 Å². The van der Waals surface area contributed by atoms with Gasteiger partial charge in [-0.15, -0.1) is 0 Å². The third kappa shape index (κ3) is 7.85. The molecule has 3 aromatic rings. The minimum atomic E-state index is -0.579. The maximum atomic E-state index is 12.1. The number of hydrogen-bond donors (Lipinski definition) is 1. The van der Waals surface area contributed by atoms with Crippen molar-refractivity contribution in [3.63, 3.8) is 0 Å². The second-order valence-corrected chi connectivity index (χ2v) is 7.52. The van der Waals surface area contributed by atoms with E-state index in [1.807, 2.05) is 61.5 Å². The van der Waals surface area contributed by atoms with Gasteiger partial charge in [-0.3, -0.25) is 4.79 Å². The summed E-state index contributed by atoms with van der Waals surface area (Å²) >= 11 is 0. The molecule has 1 unspecified atom stereocenters. The Hall–Kier alpha value is -4.00. The lowest BCUT2D eigenvalue weighted by atomic mass is 10.0. The lowest BCUT2D eigenvalue weighted by Gasteiger charge is -2.18. The van der Waals surface area contributed by atoms with Crippen LogP contribution in [0, 0.1) is 0 Å². The SMILES string of the molecule is CCCCOC(=O)NC(CC(=O)OC)c1ccc(Oc2ccc(Oc3ccccc3)cc2)cc1. The summed E-state index contributed by atoms with van der Waals surface area (Å²) in [5, 5.41) is 2.74. The van der Waals surface area contributed by atoms with E-state index in [0.29, 0.717) is 23.9 Å². The van der Waals surface area contributed by atoms with Crippen LogP contribution < -0.4 is 14.8 Å². The van der Waals surface area contributed by atoms with E-state index in [0.717, 1.165) is 24.2 Å². The quantitative estimate of drug-likeness (QED) is 0.262. The number of hydrogen-bond acceptors (Lipinski definition) is 6. The zero-order valence-electron chi connectivity index (χ0n) is 19.4. The molecule has 3 aromatic carbocycles. The second-order valence-electron chi connectivity index (χ2n) is 7.52. The normalized spacial score (nSPS) is 11.2. The smallest absolute Gasteiger partial charge is 0.407 e. The molecule has 0 fully saturated rings. The van der Waals surface area contributed by atoms with E-state index < -0.39 is 18.1 Å². The number of methoxy groups -OCH3 is 1. The van der Waals surface area contributed by atoms with E-state index >= 15 is 0 Å². The zero-order valence-corrected chi connectivity index (χ0v) is 19.4. The van der Waals surface area contributed by atoms with Gasteiger partial charge in [0.05, 0.1) is 26.2 Å². The van der Waals surface area contributed by atoms with Crippen LogP contribution in [0.1, 0.15) is 37.8 Å². The van der Waals surface area contributed by atoms with Crippen molar-refractivity contribution in [2.75, 3.05) is 13.7 Å². The third-order valence-corrected chi connectivity index (χ3v) is 4.94. The molecule has 7 nitrogen and oxygen atoms in total. The summed E-state index contributed by atoms with van der Waals surface area (Å²) in [4.78, 5) is 23.9. The Morgan fingerprint density at radius 3 is 1.85 bits per heavy atom. The van der Waals surface area contributed by atoms with Gasteiger partial charge in [0.2, 0.25) is 0 Å². The number of unbranched alkanes of at least 4 members (excludes halogenated alkanes) is 1. The van der Waals surface area contributed by atoms with Crippen molar-refractivity contribution in [1.82, 2.24) is 5.32 Å². The molecule has 7 heteroatoms. The molecule has 0 aliphatic carbocycles. The van der Waals surface area contributed by atoms with Crippen molar-refractivity contribution in [1.29, 1.82) is 0 Å². The number of carbonyl (C=O) groups excluding carboxylic acids is 2. The Morgan fingerprint density at radius 2 is 1.32 bits per heavy atom. The van der Waals surface area contributed by atoms with E-state index in [9.17, 15) is 9.59 Å². The number of carbonyl (C=O) groups is 2. The molecule has 0 aliphatic rings. The fourth-order valence-corrected chi connectivity index (χ4v) is 3.10. The molecule has 0 radical (unpaired) electrons. The Bertz CT molecular complexity index is 1030. The molecule has 178 valence electrons. The largest absolute Gasteiger partial charge is 0.469 e. The Kier molecular flexibility index (Phi) is 9.34. The van der Waals surface area contributed by atoms with Crippen molar-refractivity contribution in [3.05, 3.63) is 84.4 Å². The van der Waals surface area contributed by atoms with Crippen molar-refractivity contribution >= 4 is 12.1 Å². The number of amides is 1. The number of rotatable bonds is 11. The maximum Gasteiger partial charge on any atom is 0.407 e. The highest BCUT2D eigenvalue weighted by Gasteiger charge is 2.20. The fraction of sp³-hybridized carbons (Fsp3) is 0.259. The standard InChI is InChI=1S/C27H29NO6/c1-3-4-18-32-27(30)28-25(19-26(29)31-2)20-10-12-22(13-11-20)34-24-16-14-23(15-17-24)33-21-8-6-5-7-9-21/h5-17,25H,3-4,18-19H2,1-2H3,(H,28,30). The molecule has 0 spiro atoms. The summed E-state index contributed by atoms with van der Waals surface area (Å²) in [5.74, 6) is 2.30. The maximum absolute atomic E-state index is 12.1. The Morgan fingerprint density at radius 1 is 0.794 bits per heavy atom. The molecule has 0 saturated heterocycles. The van der Waals surface area contributed by atoms with Gasteiger partial charge in [-0.2, -0.15) is 0 Å². The number of benzene rings is 3. The summed E-state index contributed by atoms with van der Waals surface area (Å²) in [6.45, 7) is 2.34. The van der Waals surface area contributed by atoms with Crippen LogP contribution in [-0.2, 0) is 14.3 Å². The van der Waals surface area contributed by atoms with Gasteiger partial charge >= 0.3 is 12.1 Å². The predicted octanol–water partition coefficient (Wildman–Crippen LogP) is 6.40. The first kappa shape index (κ1) is 24.6. The van der Waals surface area contributed by atoms with Crippen molar-refractivity contribution in [2.45, 2.75) is 32.2 Å². The van der Waals surface area contributed by atoms with Crippen LogP contribution in [0.5, 0.6) is 23.0 Å². The number of nitrogens with one attached hydrogen (secondary N) is 1. The molecule has 1 atom stereocenters. The number of ether oxygens (including phenoxy) is 4. The van der Waals surface area contributed by atoms with Gasteiger partial charge in [0.25, 0.3) is 0 Å². The summed E-state index contributed by atoms with van der Waals surface area (Å²) in [6, 6.07) is 23.4. The lowest BCUT2D eigenvalue weighted by molar-refractivity contribution is -0.141. The molecular weight excluding hydrogens is 434 g/mol. The van der Waals surface area contributed by atoms with Crippen LogP contribution >= 0.6 is 0 Å². The lowest BCUT2D eigenvalue weighted by Crippen LogP contribution is -2.31. The molecule has 3 rings (SSSR count). The molecule has 1 amide bonds. The second kappa shape index (κ2) is 12.9. The molecular formula is C27H29NO6. The van der Waals surface area contributed by atoms with Crippen LogP contribution in [-0.4, -0.2) is 25.8 Å². The van der Waals surface area contributed by atoms with Gasteiger partial charge < -0.3 is 24.3 Å². The zero-order chi connectivity index (χ0) is 24.2. The van der Waals surface area contributed by atoms with Gasteiger partial charge in [0, 0.05) is 0 Å². The Labute approximate surface area is 199 Å². The highest BCUT2D eigenvalue weighted by molar-refractivity contribution is 5.73. The molecule has 0 aliphatic heterocycles. The summed E-state index contributed by atoms with van der Waals surface area (Å²) < 4.78 is 21.6. The van der Waals surface area contributed by atoms with Crippen LogP contribution in [0.2, 0.25) is 0 Å². The first-order chi connectivity index (χ1) is 16.6. The third-order valence-electron chi connectivity index (χ3n) is 4.94. The minimum absolute atomic E-state index is 0.0115. The van der Waals surface area contributed by atoms with Crippen molar-refractivity contribution in [2.24, 2.45) is 0 Å². The minimum Gasteiger partial charge on any atom is -0.469 e. The fourth-order valence-electron chi connectivity index (χ4n) is 3.10. The van der Waals surface area contributed by atoms with Gasteiger partial charge in [0.1, 0.15) is 23.0 Å². The van der Waals surface area contributed by atoms with E-state index in [2.05, 4.69) is 5.32 Å². The molecule has 0 aromatic heterocycles. The van der Waals surface area contributed by atoms with Crippen molar-refractivity contribution in [3.8, 4) is 23.0 Å².